The van der Waals surface area contributed by atoms with Crippen LogP contribution >= 0.6 is 0 Å². The van der Waals surface area contributed by atoms with E-state index in [4.69, 9.17) is 9.82 Å². The molecule has 1 saturated heterocycles. The first-order valence-corrected chi connectivity index (χ1v) is 10.4. The Kier molecular flexibility index (Phi) is 3.63. The van der Waals surface area contributed by atoms with Crippen LogP contribution in [0.4, 0.5) is 0 Å². The molecule has 0 N–H and O–H groups in total. The summed E-state index contributed by atoms with van der Waals surface area (Å²) >= 11 is 0. The molecule has 0 bridgehead atoms. The molecule has 1 saturated carbocycles. The standard InChI is InChI=1S/C23H25N3O/c1-3-9-16(10-4-1)22-18-15-25-20-14-8-7-13-19(20)24-23(25)21(18)26(27-22)17-11-5-2-6-12-17/h1,3-4,7-10,13-14,17-18,21-22H,2,5-6,11-12,15H2/t18-,21-,22+/m1/s1. The first-order chi connectivity index (χ1) is 13.4. The maximum Gasteiger partial charge on any atom is 0.130 e. The molecule has 0 radical (unpaired) electrons. The molecule has 1 aromatic heterocycles. The molecule has 2 fully saturated rings. The van der Waals surface area contributed by atoms with E-state index in [1.54, 1.807) is 0 Å². The van der Waals surface area contributed by atoms with Crippen molar-refractivity contribution >= 4 is 11.0 Å². The quantitative estimate of drug-likeness (QED) is 0.643. The number of nitrogens with zero attached hydrogens (tertiary/aromatic N) is 3. The molecule has 0 spiro atoms. The summed E-state index contributed by atoms with van der Waals surface area (Å²) in [6.45, 7) is 0.989. The Bertz CT molecular complexity index is 960. The van der Waals surface area contributed by atoms with Crippen LogP contribution in [-0.4, -0.2) is 20.7 Å². The molecule has 3 aromatic rings. The van der Waals surface area contributed by atoms with Gasteiger partial charge in [0.05, 0.1) is 11.0 Å². The highest BCUT2D eigenvalue weighted by molar-refractivity contribution is 5.76. The van der Waals surface area contributed by atoms with Gasteiger partial charge < -0.3 is 4.57 Å². The zero-order valence-corrected chi connectivity index (χ0v) is 15.5. The summed E-state index contributed by atoms with van der Waals surface area (Å²) in [4.78, 5) is 11.7. The van der Waals surface area contributed by atoms with Crippen molar-refractivity contribution in [2.24, 2.45) is 5.92 Å². The van der Waals surface area contributed by atoms with Gasteiger partial charge >= 0.3 is 0 Å². The lowest BCUT2D eigenvalue weighted by Crippen LogP contribution is -2.36. The van der Waals surface area contributed by atoms with Gasteiger partial charge in [0.1, 0.15) is 18.0 Å². The molecule has 3 heterocycles. The normalized spacial score (nSPS) is 28.5. The highest BCUT2D eigenvalue weighted by Gasteiger charge is 2.53. The third-order valence-corrected chi connectivity index (χ3v) is 6.71. The second-order valence-corrected chi connectivity index (χ2v) is 8.27. The van der Waals surface area contributed by atoms with E-state index in [0.717, 1.165) is 12.1 Å². The van der Waals surface area contributed by atoms with Crippen LogP contribution in [0.25, 0.3) is 11.0 Å². The Hall–Kier alpha value is -2.17. The smallest absolute Gasteiger partial charge is 0.130 e. The number of hydrogen-bond acceptors (Lipinski definition) is 3. The highest BCUT2D eigenvalue weighted by atomic mass is 16.7. The maximum absolute atomic E-state index is 6.69. The summed E-state index contributed by atoms with van der Waals surface area (Å²) in [5.74, 6) is 1.63. The minimum absolute atomic E-state index is 0.124. The number of benzene rings is 2. The van der Waals surface area contributed by atoms with Crippen molar-refractivity contribution in [3.8, 4) is 0 Å². The number of imidazole rings is 1. The third-order valence-electron chi connectivity index (χ3n) is 6.71. The summed E-state index contributed by atoms with van der Waals surface area (Å²) in [6, 6.07) is 20.1. The van der Waals surface area contributed by atoms with Gasteiger partial charge in [-0.25, -0.2) is 4.98 Å². The predicted octanol–water partition coefficient (Wildman–Crippen LogP) is 5.03. The molecule has 1 aliphatic carbocycles. The Balaban J connectivity index is 1.45. The molecule has 2 aromatic carbocycles. The molecule has 6 rings (SSSR count). The van der Waals surface area contributed by atoms with Gasteiger partial charge in [-0.2, -0.15) is 5.06 Å². The summed E-state index contributed by atoms with van der Waals surface area (Å²) in [5, 5.41) is 2.35. The summed E-state index contributed by atoms with van der Waals surface area (Å²) in [6.07, 6.45) is 6.59. The van der Waals surface area contributed by atoms with Crippen molar-refractivity contribution in [3.05, 3.63) is 66.0 Å². The molecule has 2 aliphatic heterocycles. The fraction of sp³-hybridized carbons (Fsp3) is 0.435. The van der Waals surface area contributed by atoms with Crippen molar-refractivity contribution in [2.45, 2.75) is 56.8 Å². The van der Waals surface area contributed by atoms with Gasteiger partial charge in [-0.3, -0.25) is 4.84 Å². The van der Waals surface area contributed by atoms with Crippen LogP contribution in [-0.2, 0) is 11.4 Å². The number of hydrogen-bond donors (Lipinski definition) is 0. The van der Waals surface area contributed by atoms with Crippen molar-refractivity contribution in [1.29, 1.82) is 0 Å². The van der Waals surface area contributed by atoms with Crippen LogP contribution < -0.4 is 0 Å². The fourth-order valence-corrected chi connectivity index (χ4v) is 5.45. The number of aromatic nitrogens is 2. The Morgan fingerprint density at radius 1 is 0.889 bits per heavy atom. The van der Waals surface area contributed by atoms with Gasteiger partial charge in [0.25, 0.3) is 0 Å². The van der Waals surface area contributed by atoms with Crippen molar-refractivity contribution in [3.63, 3.8) is 0 Å². The number of hydroxylamine groups is 2. The van der Waals surface area contributed by atoms with Crippen LogP contribution in [0.2, 0.25) is 0 Å². The SMILES string of the molecule is c1ccc([C@@H]2ON(C3CCCCC3)[C@H]3c4nc5ccccc5n4C[C@@H]23)cc1. The summed E-state index contributed by atoms with van der Waals surface area (Å²) in [7, 11) is 0. The number of para-hydroxylation sites is 2. The van der Waals surface area contributed by atoms with E-state index in [9.17, 15) is 0 Å². The Morgan fingerprint density at radius 2 is 1.67 bits per heavy atom. The van der Waals surface area contributed by atoms with Crippen molar-refractivity contribution in [2.75, 3.05) is 0 Å². The largest absolute Gasteiger partial charge is 0.326 e. The highest BCUT2D eigenvalue weighted by Crippen LogP contribution is 2.53. The van der Waals surface area contributed by atoms with Crippen molar-refractivity contribution in [1.82, 2.24) is 14.6 Å². The molecule has 138 valence electrons. The van der Waals surface area contributed by atoms with Gasteiger partial charge in [-0.1, -0.05) is 61.7 Å². The van der Waals surface area contributed by atoms with Gasteiger partial charge in [-0.15, -0.1) is 0 Å². The molecule has 3 aliphatic rings. The maximum atomic E-state index is 6.69. The van der Waals surface area contributed by atoms with Crippen LogP contribution in [0.3, 0.4) is 0 Å². The van der Waals surface area contributed by atoms with Crippen LogP contribution in [0, 0.1) is 5.92 Å². The van der Waals surface area contributed by atoms with E-state index in [-0.39, 0.29) is 12.1 Å². The minimum Gasteiger partial charge on any atom is -0.326 e. The third kappa shape index (κ3) is 2.40. The lowest BCUT2D eigenvalue weighted by atomic mass is 9.90. The zero-order chi connectivity index (χ0) is 17.8. The van der Waals surface area contributed by atoms with E-state index in [1.807, 2.05) is 0 Å². The van der Waals surface area contributed by atoms with Crippen LogP contribution in [0.15, 0.2) is 54.6 Å². The van der Waals surface area contributed by atoms with Gasteiger partial charge in [0.15, 0.2) is 0 Å². The second kappa shape index (κ2) is 6.18. The fourth-order valence-electron chi connectivity index (χ4n) is 5.45. The molecule has 0 amide bonds. The van der Waals surface area contributed by atoms with E-state index in [2.05, 4.69) is 64.2 Å². The van der Waals surface area contributed by atoms with E-state index in [0.29, 0.717) is 12.0 Å². The number of rotatable bonds is 2. The molecule has 3 atom stereocenters. The Labute approximate surface area is 159 Å². The predicted molar refractivity (Wildman–Crippen MR) is 105 cm³/mol. The van der Waals surface area contributed by atoms with E-state index in [1.165, 1.54) is 49.0 Å². The van der Waals surface area contributed by atoms with Crippen LogP contribution in [0.1, 0.15) is 55.6 Å². The van der Waals surface area contributed by atoms with Gasteiger partial charge in [0, 0.05) is 18.5 Å². The lowest BCUT2D eigenvalue weighted by molar-refractivity contribution is -0.200. The molecule has 4 heteroatoms. The van der Waals surface area contributed by atoms with Crippen molar-refractivity contribution < 1.29 is 4.84 Å². The average molecular weight is 359 g/mol. The second-order valence-electron chi connectivity index (χ2n) is 8.27. The summed E-state index contributed by atoms with van der Waals surface area (Å²) < 4.78 is 2.44. The first-order valence-electron chi connectivity index (χ1n) is 10.4. The first kappa shape index (κ1) is 15.8. The Morgan fingerprint density at radius 3 is 2.52 bits per heavy atom. The monoisotopic (exact) mass is 359 g/mol. The molecular weight excluding hydrogens is 334 g/mol. The topological polar surface area (TPSA) is 30.3 Å². The average Bonchev–Trinajstić information content (AvgIpc) is 3.38. The van der Waals surface area contributed by atoms with Crippen LogP contribution in [0.5, 0.6) is 0 Å². The van der Waals surface area contributed by atoms with Gasteiger partial charge in [0.2, 0.25) is 0 Å². The molecule has 27 heavy (non-hydrogen) atoms. The lowest BCUT2D eigenvalue weighted by Gasteiger charge is -2.33. The van der Waals surface area contributed by atoms with Gasteiger partial charge in [-0.05, 0) is 30.5 Å². The molecule has 0 unspecified atom stereocenters. The zero-order valence-electron chi connectivity index (χ0n) is 15.5. The molecule has 4 nitrogen and oxygen atoms in total. The molecular formula is C23H25N3O. The summed E-state index contributed by atoms with van der Waals surface area (Å²) in [5.41, 5.74) is 3.66. The van der Waals surface area contributed by atoms with E-state index >= 15 is 0 Å². The number of fused-ring (bicyclic) bond motifs is 5. The van der Waals surface area contributed by atoms with E-state index < -0.39 is 0 Å². The minimum atomic E-state index is 0.124.